The van der Waals surface area contributed by atoms with Crippen molar-refractivity contribution >= 4 is 13.9 Å². The van der Waals surface area contributed by atoms with Crippen molar-refractivity contribution in [2.45, 2.75) is 78.9 Å². The maximum absolute atomic E-state index is 12.9. The lowest BCUT2D eigenvalue weighted by Crippen LogP contribution is -2.49. The van der Waals surface area contributed by atoms with Crippen LogP contribution in [0.5, 0.6) is 0 Å². The lowest BCUT2D eigenvalue weighted by atomic mass is 9.47. The van der Waals surface area contributed by atoms with Gasteiger partial charge in [-0.05, 0) is 42.1 Å². The third kappa shape index (κ3) is 1.52. The quantitative estimate of drug-likeness (QED) is 0.612. The van der Waals surface area contributed by atoms with Gasteiger partial charge in [0, 0.05) is 11.8 Å². The Morgan fingerprint density at radius 3 is 2.25 bits per heavy atom. The lowest BCUT2D eigenvalue weighted by Gasteiger charge is -2.56. The highest BCUT2D eigenvalue weighted by molar-refractivity contribution is 6.83. The standard InChI is InChI=1S/C18H30OSi/c1-16(2)9-7-10-17(3)12-13(19)15-14(20(4,5)6)8-11-18(15,16)17/h7-12H2,1-6H3. The molecule has 112 valence electrons. The van der Waals surface area contributed by atoms with E-state index < -0.39 is 8.07 Å². The van der Waals surface area contributed by atoms with Gasteiger partial charge in [0.1, 0.15) is 0 Å². The molecule has 2 unspecified atom stereocenters. The van der Waals surface area contributed by atoms with Gasteiger partial charge in [0.15, 0.2) is 5.78 Å². The number of carbonyl (C=O) groups is 1. The van der Waals surface area contributed by atoms with Crippen molar-refractivity contribution in [1.29, 1.82) is 0 Å². The Morgan fingerprint density at radius 2 is 1.65 bits per heavy atom. The number of allylic oxidation sites excluding steroid dienone is 2. The third-order valence-corrected chi connectivity index (χ3v) is 9.24. The van der Waals surface area contributed by atoms with Crippen LogP contribution in [0.25, 0.3) is 0 Å². The minimum Gasteiger partial charge on any atom is -0.295 e. The Hall–Kier alpha value is -0.373. The van der Waals surface area contributed by atoms with Gasteiger partial charge in [-0.25, -0.2) is 0 Å². The summed E-state index contributed by atoms with van der Waals surface area (Å²) in [7, 11) is -1.37. The van der Waals surface area contributed by atoms with Crippen LogP contribution in [0.1, 0.15) is 59.3 Å². The van der Waals surface area contributed by atoms with Gasteiger partial charge in [-0.15, -0.1) is 0 Å². The predicted octanol–water partition coefficient (Wildman–Crippen LogP) is 5.13. The molecule has 3 aliphatic rings. The topological polar surface area (TPSA) is 17.1 Å². The fraction of sp³-hybridized carbons (Fsp3) is 0.833. The molecule has 0 aromatic carbocycles. The molecule has 0 N–H and O–H groups in total. The molecule has 2 saturated carbocycles. The molecule has 2 heteroatoms. The molecule has 0 heterocycles. The molecule has 0 aliphatic heterocycles. The Morgan fingerprint density at radius 1 is 1.00 bits per heavy atom. The van der Waals surface area contributed by atoms with E-state index in [0.717, 1.165) is 6.42 Å². The van der Waals surface area contributed by atoms with Gasteiger partial charge in [0.05, 0.1) is 8.07 Å². The summed E-state index contributed by atoms with van der Waals surface area (Å²) >= 11 is 0. The fourth-order valence-electron chi connectivity index (χ4n) is 6.10. The largest absolute Gasteiger partial charge is 0.295 e. The van der Waals surface area contributed by atoms with Gasteiger partial charge < -0.3 is 0 Å². The summed E-state index contributed by atoms with van der Waals surface area (Å²) < 4.78 is 0. The lowest BCUT2D eigenvalue weighted by molar-refractivity contribution is -0.115. The average molecular weight is 291 g/mol. The molecule has 3 rings (SSSR count). The maximum atomic E-state index is 12.9. The average Bonchev–Trinajstić information content (AvgIpc) is 2.75. The second-order valence-electron chi connectivity index (χ2n) is 9.41. The first-order chi connectivity index (χ1) is 9.05. The highest BCUT2D eigenvalue weighted by Gasteiger charge is 2.68. The predicted molar refractivity (Wildman–Crippen MR) is 87.4 cm³/mol. The van der Waals surface area contributed by atoms with Gasteiger partial charge >= 0.3 is 0 Å². The minimum absolute atomic E-state index is 0.199. The normalized spacial score (nSPS) is 40.0. The first kappa shape index (κ1) is 14.6. The zero-order valence-electron chi connectivity index (χ0n) is 14.2. The van der Waals surface area contributed by atoms with Crippen LogP contribution < -0.4 is 0 Å². The van der Waals surface area contributed by atoms with Gasteiger partial charge in [-0.1, -0.05) is 52.0 Å². The number of hydrogen-bond acceptors (Lipinski definition) is 1. The number of rotatable bonds is 1. The fourth-order valence-corrected chi connectivity index (χ4v) is 8.08. The van der Waals surface area contributed by atoms with Crippen LogP contribution in [0.2, 0.25) is 19.6 Å². The number of hydrogen-bond donors (Lipinski definition) is 0. The number of carbonyl (C=O) groups excluding carboxylic acids is 1. The zero-order valence-corrected chi connectivity index (χ0v) is 15.2. The van der Waals surface area contributed by atoms with Crippen molar-refractivity contribution in [3.63, 3.8) is 0 Å². The first-order valence-corrected chi connectivity index (χ1v) is 11.8. The van der Waals surface area contributed by atoms with Gasteiger partial charge in [0.25, 0.3) is 0 Å². The van der Waals surface area contributed by atoms with Crippen molar-refractivity contribution in [1.82, 2.24) is 0 Å². The number of ketones is 1. The van der Waals surface area contributed by atoms with Crippen LogP contribution in [0.4, 0.5) is 0 Å². The molecule has 0 radical (unpaired) electrons. The second kappa shape index (κ2) is 3.88. The summed E-state index contributed by atoms with van der Waals surface area (Å²) in [5.41, 5.74) is 2.07. The summed E-state index contributed by atoms with van der Waals surface area (Å²) in [5, 5.41) is 1.61. The number of Topliss-reactive ketones (excluding diaryl/α,β-unsaturated/α-hetero) is 1. The summed E-state index contributed by atoms with van der Waals surface area (Å²) in [6, 6.07) is 0. The summed E-state index contributed by atoms with van der Waals surface area (Å²) in [5.74, 6) is 0.511. The molecule has 0 amide bonds. The van der Waals surface area contributed by atoms with E-state index in [-0.39, 0.29) is 10.8 Å². The Bertz CT molecular complexity index is 508. The molecule has 0 bridgehead atoms. The molecule has 2 fully saturated rings. The van der Waals surface area contributed by atoms with Crippen molar-refractivity contribution in [3.05, 3.63) is 10.8 Å². The van der Waals surface area contributed by atoms with E-state index >= 15 is 0 Å². The van der Waals surface area contributed by atoms with Crippen LogP contribution in [0.15, 0.2) is 10.8 Å². The summed E-state index contributed by atoms with van der Waals surface area (Å²) in [6.07, 6.45) is 7.11. The van der Waals surface area contributed by atoms with Crippen LogP contribution in [-0.2, 0) is 4.79 Å². The van der Waals surface area contributed by atoms with E-state index in [0.29, 0.717) is 11.2 Å². The third-order valence-electron chi connectivity index (χ3n) is 6.93. The molecule has 1 nitrogen and oxygen atoms in total. The van der Waals surface area contributed by atoms with E-state index in [2.05, 4.69) is 40.4 Å². The monoisotopic (exact) mass is 290 g/mol. The highest BCUT2D eigenvalue weighted by atomic mass is 28.3. The zero-order chi connectivity index (χ0) is 15.0. The molecule has 20 heavy (non-hydrogen) atoms. The van der Waals surface area contributed by atoms with Crippen LogP contribution >= 0.6 is 0 Å². The van der Waals surface area contributed by atoms with Crippen LogP contribution in [0.3, 0.4) is 0 Å². The molecule has 0 aromatic rings. The van der Waals surface area contributed by atoms with E-state index in [1.807, 2.05) is 0 Å². The first-order valence-electron chi connectivity index (χ1n) is 8.33. The van der Waals surface area contributed by atoms with Gasteiger partial charge in [0.2, 0.25) is 0 Å². The summed E-state index contributed by atoms with van der Waals surface area (Å²) in [4.78, 5) is 12.9. The van der Waals surface area contributed by atoms with E-state index in [9.17, 15) is 4.79 Å². The molecular weight excluding hydrogens is 260 g/mol. The van der Waals surface area contributed by atoms with Gasteiger partial charge in [-0.2, -0.15) is 0 Å². The minimum atomic E-state index is -1.37. The van der Waals surface area contributed by atoms with Crippen molar-refractivity contribution in [2.75, 3.05) is 0 Å². The van der Waals surface area contributed by atoms with E-state index in [4.69, 9.17) is 0 Å². The Balaban J connectivity index is 2.27. The molecule has 3 aliphatic carbocycles. The highest BCUT2D eigenvalue weighted by Crippen LogP contribution is 2.74. The Kier molecular flexibility index (Phi) is 2.82. The van der Waals surface area contributed by atoms with Crippen molar-refractivity contribution < 1.29 is 4.79 Å². The second-order valence-corrected chi connectivity index (χ2v) is 14.5. The molecule has 1 spiro atoms. The summed E-state index contributed by atoms with van der Waals surface area (Å²) in [6.45, 7) is 14.6. The van der Waals surface area contributed by atoms with Gasteiger partial charge in [-0.3, -0.25) is 4.79 Å². The van der Waals surface area contributed by atoms with Crippen molar-refractivity contribution in [2.24, 2.45) is 16.2 Å². The van der Waals surface area contributed by atoms with Crippen LogP contribution in [0, 0.1) is 16.2 Å². The molecule has 0 aromatic heterocycles. The van der Waals surface area contributed by atoms with Crippen LogP contribution in [-0.4, -0.2) is 13.9 Å². The maximum Gasteiger partial charge on any atom is 0.159 e. The SMILES string of the molecule is CC1(C)CCCC2(C)CC(=O)C3=C([Si](C)(C)C)CCC312. The molecule has 0 saturated heterocycles. The molecular formula is C18H30OSi. The smallest absolute Gasteiger partial charge is 0.159 e. The van der Waals surface area contributed by atoms with E-state index in [1.165, 1.54) is 37.7 Å². The van der Waals surface area contributed by atoms with E-state index in [1.54, 1.807) is 5.20 Å². The molecule has 2 atom stereocenters. The Labute approximate surface area is 125 Å². The van der Waals surface area contributed by atoms with Crippen molar-refractivity contribution in [3.8, 4) is 0 Å².